The van der Waals surface area contributed by atoms with Crippen LogP contribution in [0.2, 0.25) is 0 Å². The number of rotatable bonds is 9. The molecule has 1 aromatic heterocycles. The lowest BCUT2D eigenvalue weighted by Crippen LogP contribution is -2.56. The maximum absolute atomic E-state index is 14.1. The number of hydrogen-bond acceptors (Lipinski definition) is 5. The number of aryl methyl sites for hydroxylation is 1. The lowest BCUT2D eigenvalue weighted by atomic mass is 9.92. The van der Waals surface area contributed by atoms with Crippen molar-refractivity contribution in [1.82, 2.24) is 20.1 Å². The molecule has 1 aliphatic heterocycles. The molecule has 0 aliphatic carbocycles. The predicted octanol–water partition coefficient (Wildman–Crippen LogP) is 5.06. The number of hydrogen-bond donors (Lipinski definition) is 3. The van der Waals surface area contributed by atoms with E-state index in [9.17, 15) is 18.2 Å². The molecule has 9 nitrogen and oxygen atoms in total. The van der Waals surface area contributed by atoms with Crippen molar-refractivity contribution in [1.29, 1.82) is 0 Å². The first-order chi connectivity index (χ1) is 21.5. The Hall–Kier alpha value is -4.22. The molecule has 3 atom stereocenters. The van der Waals surface area contributed by atoms with Gasteiger partial charge in [0.2, 0.25) is 5.91 Å². The van der Waals surface area contributed by atoms with Gasteiger partial charge in [-0.2, -0.15) is 0 Å². The Balaban J connectivity index is 1.39. The highest BCUT2D eigenvalue weighted by atomic mass is 32.2. The van der Waals surface area contributed by atoms with E-state index in [0.717, 1.165) is 33.3 Å². The molecule has 1 aliphatic rings. The number of fused-ring (bicyclic) bond motifs is 1. The van der Waals surface area contributed by atoms with Crippen LogP contribution < -0.4 is 15.5 Å². The van der Waals surface area contributed by atoms with Gasteiger partial charge in [0.05, 0.1) is 21.4 Å². The summed E-state index contributed by atoms with van der Waals surface area (Å²) in [5.41, 5.74) is 5.07. The third kappa shape index (κ3) is 7.37. The molecule has 2 heterocycles. The average Bonchev–Trinajstić information content (AvgIpc) is 3.43. The van der Waals surface area contributed by atoms with E-state index in [-0.39, 0.29) is 11.8 Å². The van der Waals surface area contributed by atoms with Crippen molar-refractivity contribution in [3.05, 3.63) is 89.4 Å². The summed E-state index contributed by atoms with van der Waals surface area (Å²) in [6, 6.07) is 16.9. The van der Waals surface area contributed by atoms with Crippen LogP contribution in [0.3, 0.4) is 0 Å². The fraction of sp³-hybridized carbons (Fsp3) is 0.353. The Morgan fingerprint density at radius 2 is 1.78 bits per heavy atom. The Kier molecular flexibility index (Phi) is 9.89. The number of amides is 3. The van der Waals surface area contributed by atoms with Crippen LogP contribution in [0.15, 0.2) is 71.8 Å². The topological polar surface area (TPSA) is 101 Å². The molecule has 3 unspecified atom stereocenters. The van der Waals surface area contributed by atoms with Crippen molar-refractivity contribution in [2.45, 2.75) is 37.2 Å². The van der Waals surface area contributed by atoms with Crippen molar-refractivity contribution in [2.75, 3.05) is 56.7 Å². The fourth-order valence-electron chi connectivity index (χ4n) is 6.02. The van der Waals surface area contributed by atoms with Gasteiger partial charge in [0, 0.05) is 67.7 Å². The minimum atomic E-state index is -1.34. The van der Waals surface area contributed by atoms with Crippen LogP contribution in [0.1, 0.15) is 29.5 Å². The van der Waals surface area contributed by atoms with Crippen LogP contribution in [0.25, 0.3) is 10.9 Å². The van der Waals surface area contributed by atoms with Gasteiger partial charge in [-0.25, -0.2) is 9.18 Å². The number of anilines is 2. The first kappa shape index (κ1) is 32.2. The zero-order chi connectivity index (χ0) is 32.2. The lowest BCUT2D eigenvalue weighted by molar-refractivity contribution is -0.118. The normalized spacial score (nSPS) is 15.6. The minimum Gasteiger partial charge on any atom is -0.368 e. The van der Waals surface area contributed by atoms with Gasteiger partial charge in [-0.05, 0) is 74.1 Å². The Bertz CT molecular complexity index is 1720. The number of benzene rings is 3. The molecule has 3 amide bonds. The largest absolute Gasteiger partial charge is 0.368 e. The van der Waals surface area contributed by atoms with Crippen LogP contribution in [0, 0.1) is 12.7 Å². The van der Waals surface area contributed by atoms with E-state index in [2.05, 4.69) is 20.5 Å². The molecule has 0 radical (unpaired) electrons. The van der Waals surface area contributed by atoms with Crippen molar-refractivity contribution in [2.24, 2.45) is 0 Å². The number of piperazine rings is 1. The summed E-state index contributed by atoms with van der Waals surface area (Å²) in [6.07, 6.45) is 3.47. The molecule has 1 saturated heterocycles. The number of carbonyl (C=O) groups excluding carboxylic acids is 2. The molecule has 1 fully saturated rings. The highest BCUT2D eigenvalue weighted by molar-refractivity contribution is 7.84. The molecule has 0 saturated carbocycles. The van der Waals surface area contributed by atoms with Gasteiger partial charge >= 0.3 is 6.03 Å². The number of nitrogens with one attached hydrogen (secondary N) is 3. The lowest BCUT2D eigenvalue weighted by Gasteiger charge is -2.37. The Labute approximate surface area is 266 Å². The second-order valence-electron chi connectivity index (χ2n) is 11.9. The number of para-hydroxylation sites is 1. The standard InChI is InChI=1S/C34H41FN6O3S/c1-22-18-25(35)11-12-30(22)40-14-16-41(17-15-40)34(43)38-32(23(2)27-20-36-28-9-7-6-8-26(27)28)33(42)37-29-19-24(21-39(3)4)10-13-31(29)45(5)44/h6-13,18-20,23,32,36H,14-17,21H2,1-5H3,(H,37,42)(H,38,43). The van der Waals surface area contributed by atoms with Gasteiger partial charge in [0.15, 0.2) is 0 Å². The number of halogens is 1. The smallest absolute Gasteiger partial charge is 0.318 e. The second-order valence-corrected chi connectivity index (χ2v) is 13.3. The van der Waals surface area contributed by atoms with Gasteiger partial charge in [-0.1, -0.05) is 31.2 Å². The van der Waals surface area contributed by atoms with Crippen molar-refractivity contribution in [3.8, 4) is 0 Å². The van der Waals surface area contributed by atoms with Crippen LogP contribution >= 0.6 is 0 Å². The minimum absolute atomic E-state index is 0.273. The van der Waals surface area contributed by atoms with Crippen LogP contribution in [-0.4, -0.2) is 83.5 Å². The van der Waals surface area contributed by atoms with Crippen LogP contribution in [0.5, 0.6) is 0 Å². The van der Waals surface area contributed by atoms with Gasteiger partial charge < -0.3 is 30.3 Å². The van der Waals surface area contributed by atoms with E-state index in [1.165, 1.54) is 12.1 Å². The molecular weight excluding hydrogens is 591 g/mol. The van der Waals surface area contributed by atoms with Crippen LogP contribution in [-0.2, 0) is 22.1 Å². The summed E-state index contributed by atoms with van der Waals surface area (Å²) < 4.78 is 26.3. The number of aromatic amines is 1. The third-order valence-corrected chi connectivity index (χ3v) is 9.33. The maximum atomic E-state index is 14.1. The van der Waals surface area contributed by atoms with Gasteiger partial charge in [0.1, 0.15) is 11.9 Å². The van der Waals surface area contributed by atoms with Crippen molar-refractivity contribution >= 4 is 45.0 Å². The zero-order valence-electron chi connectivity index (χ0n) is 26.4. The quantitative estimate of drug-likeness (QED) is 0.240. The summed E-state index contributed by atoms with van der Waals surface area (Å²) in [6.45, 7) is 6.51. The van der Waals surface area contributed by atoms with Gasteiger partial charge in [-0.3, -0.25) is 9.00 Å². The van der Waals surface area contributed by atoms with Gasteiger partial charge in [0.25, 0.3) is 0 Å². The molecule has 0 spiro atoms. The van der Waals surface area contributed by atoms with Crippen LogP contribution in [0.4, 0.5) is 20.6 Å². The van der Waals surface area contributed by atoms with E-state index in [0.29, 0.717) is 43.3 Å². The Morgan fingerprint density at radius 1 is 1.04 bits per heavy atom. The fourth-order valence-corrected chi connectivity index (χ4v) is 6.70. The summed E-state index contributed by atoms with van der Waals surface area (Å²) in [7, 11) is 2.57. The monoisotopic (exact) mass is 632 g/mol. The molecule has 4 aromatic rings. The summed E-state index contributed by atoms with van der Waals surface area (Å²) >= 11 is 0. The van der Waals surface area contributed by atoms with Crippen molar-refractivity contribution in [3.63, 3.8) is 0 Å². The molecule has 3 N–H and O–H groups in total. The van der Waals surface area contributed by atoms with E-state index >= 15 is 0 Å². The molecule has 3 aromatic carbocycles. The first-order valence-corrected chi connectivity index (χ1v) is 16.6. The number of aromatic nitrogens is 1. The van der Waals surface area contributed by atoms with Crippen molar-refractivity contribution < 1.29 is 18.2 Å². The third-order valence-electron chi connectivity index (χ3n) is 8.35. The summed E-state index contributed by atoms with van der Waals surface area (Å²) in [5, 5.41) is 7.02. The number of carbonyl (C=O) groups is 2. The highest BCUT2D eigenvalue weighted by Crippen LogP contribution is 2.30. The average molecular weight is 633 g/mol. The molecule has 238 valence electrons. The summed E-state index contributed by atoms with van der Waals surface area (Å²) in [5.74, 6) is -1.06. The molecular formula is C34H41FN6O3S. The second kappa shape index (κ2) is 13.8. The zero-order valence-corrected chi connectivity index (χ0v) is 27.2. The van der Waals surface area contributed by atoms with E-state index < -0.39 is 28.7 Å². The summed E-state index contributed by atoms with van der Waals surface area (Å²) in [4.78, 5) is 37.5. The highest BCUT2D eigenvalue weighted by Gasteiger charge is 2.33. The van der Waals surface area contributed by atoms with Gasteiger partial charge in [-0.15, -0.1) is 0 Å². The number of urea groups is 1. The SMILES string of the molecule is Cc1cc(F)ccc1N1CCN(C(=O)NC(C(=O)Nc2cc(CN(C)C)ccc2S(C)=O)C(C)c2c[nH]c3ccccc23)CC1. The maximum Gasteiger partial charge on any atom is 0.318 e. The van der Waals surface area contributed by atoms with E-state index in [4.69, 9.17) is 0 Å². The first-order valence-electron chi connectivity index (χ1n) is 15.1. The van der Waals surface area contributed by atoms with E-state index in [1.807, 2.05) is 75.4 Å². The molecule has 11 heteroatoms. The predicted molar refractivity (Wildman–Crippen MR) is 179 cm³/mol. The Morgan fingerprint density at radius 3 is 2.47 bits per heavy atom. The molecule has 0 bridgehead atoms. The van der Waals surface area contributed by atoms with E-state index in [1.54, 1.807) is 23.3 Å². The number of nitrogens with zero attached hydrogens (tertiary/aromatic N) is 3. The number of H-pyrrole nitrogens is 1. The molecule has 45 heavy (non-hydrogen) atoms. The molecule has 5 rings (SSSR count).